The number of rotatable bonds is 16. The predicted octanol–water partition coefficient (Wildman–Crippen LogP) is 5.94. The Kier molecular flexibility index (Phi) is 12.8. The van der Waals surface area contributed by atoms with Crippen molar-refractivity contribution in [3.63, 3.8) is 0 Å². The Labute approximate surface area is 239 Å². The fourth-order valence-electron chi connectivity index (χ4n) is 3.95. The Hall–Kier alpha value is -3.36. The van der Waals surface area contributed by atoms with Crippen LogP contribution >= 0.6 is 15.9 Å². The fourth-order valence-corrected chi connectivity index (χ4v) is 4.18. The van der Waals surface area contributed by atoms with Crippen LogP contribution in [-0.4, -0.2) is 62.2 Å². The third-order valence-corrected chi connectivity index (χ3v) is 6.59. The van der Waals surface area contributed by atoms with Gasteiger partial charge in [-0.25, -0.2) is 9.59 Å². The standard InChI is InChI=1S/C31H36BrNO6/c1-3-37-31(35)27-13-15-28(16-14-27)38-22-20-33(23-24-9-11-26(12-10-24)30(34)36-2)19-17-25-7-4-5-8-29(25)39-21-6-18-32/h4-5,7-16H,3,6,17-23H2,1-2H3. The maximum atomic E-state index is 11.9. The van der Waals surface area contributed by atoms with Crippen LogP contribution in [0, 0.1) is 0 Å². The molecule has 7 nitrogen and oxygen atoms in total. The zero-order valence-corrected chi connectivity index (χ0v) is 24.2. The zero-order chi connectivity index (χ0) is 27.9. The molecule has 0 aliphatic rings. The summed E-state index contributed by atoms with van der Waals surface area (Å²) >= 11 is 3.45. The van der Waals surface area contributed by atoms with E-state index in [-0.39, 0.29) is 11.9 Å². The fraction of sp³-hybridized carbons (Fsp3) is 0.355. The third-order valence-electron chi connectivity index (χ3n) is 6.03. The average Bonchev–Trinajstić information content (AvgIpc) is 2.97. The molecular formula is C31H36BrNO6. The molecule has 0 aromatic heterocycles. The van der Waals surface area contributed by atoms with Gasteiger partial charge in [0.15, 0.2) is 0 Å². The largest absolute Gasteiger partial charge is 0.493 e. The monoisotopic (exact) mass is 597 g/mol. The minimum absolute atomic E-state index is 0.339. The van der Waals surface area contributed by atoms with Crippen molar-refractivity contribution in [3.05, 3.63) is 95.1 Å². The molecule has 3 aromatic rings. The van der Waals surface area contributed by atoms with Crippen molar-refractivity contribution in [1.29, 1.82) is 0 Å². The number of methoxy groups -OCH3 is 1. The summed E-state index contributed by atoms with van der Waals surface area (Å²) in [4.78, 5) is 26.0. The molecule has 0 bridgehead atoms. The van der Waals surface area contributed by atoms with Gasteiger partial charge in [0.1, 0.15) is 18.1 Å². The molecule has 3 rings (SSSR count). The molecule has 0 saturated heterocycles. The number of hydrogen-bond acceptors (Lipinski definition) is 7. The Morgan fingerprint density at radius 2 is 1.51 bits per heavy atom. The molecule has 0 aliphatic heterocycles. The van der Waals surface area contributed by atoms with E-state index in [1.807, 2.05) is 30.3 Å². The Bertz CT molecular complexity index is 1170. The van der Waals surface area contributed by atoms with Crippen LogP contribution in [0.25, 0.3) is 0 Å². The quantitative estimate of drug-likeness (QED) is 0.115. The van der Waals surface area contributed by atoms with Crippen LogP contribution in [0.1, 0.15) is 45.2 Å². The van der Waals surface area contributed by atoms with E-state index in [0.717, 1.165) is 41.6 Å². The summed E-state index contributed by atoms with van der Waals surface area (Å²) in [6.07, 6.45) is 1.76. The molecule has 3 aromatic carbocycles. The zero-order valence-electron chi connectivity index (χ0n) is 22.6. The second-order valence-electron chi connectivity index (χ2n) is 8.81. The number of hydrogen-bond donors (Lipinski definition) is 0. The van der Waals surface area contributed by atoms with E-state index in [2.05, 4.69) is 26.9 Å². The first-order chi connectivity index (χ1) is 19.0. The molecule has 0 fully saturated rings. The molecule has 0 saturated carbocycles. The predicted molar refractivity (Wildman–Crippen MR) is 155 cm³/mol. The first-order valence-corrected chi connectivity index (χ1v) is 14.2. The topological polar surface area (TPSA) is 74.3 Å². The number of halogens is 1. The first-order valence-electron chi connectivity index (χ1n) is 13.1. The molecule has 208 valence electrons. The number of para-hydroxylation sites is 1. The highest BCUT2D eigenvalue weighted by Gasteiger charge is 2.12. The van der Waals surface area contributed by atoms with Gasteiger partial charge >= 0.3 is 11.9 Å². The lowest BCUT2D eigenvalue weighted by atomic mass is 10.1. The molecule has 0 heterocycles. The van der Waals surface area contributed by atoms with E-state index in [1.54, 1.807) is 43.3 Å². The summed E-state index contributed by atoms with van der Waals surface area (Å²) in [7, 11) is 1.38. The number of nitrogens with zero attached hydrogens (tertiary/aromatic N) is 1. The number of benzene rings is 3. The van der Waals surface area contributed by atoms with E-state index < -0.39 is 0 Å². The second kappa shape index (κ2) is 16.6. The summed E-state index contributed by atoms with van der Waals surface area (Å²) in [5.41, 5.74) is 3.27. The van der Waals surface area contributed by atoms with E-state index in [4.69, 9.17) is 18.9 Å². The van der Waals surface area contributed by atoms with Crippen LogP contribution in [0.3, 0.4) is 0 Å². The van der Waals surface area contributed by atoms with Gasteiger partial charge in [-0.15, -0.1) is 0 Å². The lowest BCUT2D eigenvalue weighted by Crippen LogP contribution is -2.30. The van der Waals surface area contributed by atoms with Crippen LogP contribution in [0.5, 0.6) is 11.5 Å². The molecule has 8 heteroatoms. The van der Waals surface area contributed by atoms with E-state index >= 15 is 0 Å². The minimum atomic E-state index is -0.350. The number of carbonyl (C=O) groups excluding carboxylic acids is 2. The molecule has 0 atom stereocenters. The lowest BCUT2D eigenvalue weighted by molar-refractivity contribution is 0.0525. The maximum absolute atomic E-state index is 11.9. The molecular weight excluding hydrogens is 562 g/mol. The molecule has 39 heavy (non-hydrogen) atoms. The van der Waals surface area contributed by atoms with Gasteiger partial charge in [0, 0.05) is 25.0 Å². The normalized spacial score (nSPS) is 10.8. The highest BCUT2D eigenvalue weighted by atomic mass is 79.9. The van der Waals surface area contributed by atoms with Gasteiger partial charge < -0.3 is 18.9 Å². The van der Waals surface area contributed by atoms with Crippen LogP contribution in [0.15, 0.2) is 72.8 Å². The van der Waals surface area contributed by atoms with Gasteiger partial charge in [-0.1, -0.05) is 46.3 Å². The second-order valence-corrected chi connectivity index (χ2v) is 9.60. The van der Waals surface area contributed by atoms with Crippen molar-refractivity contribution < 1.29 is 28.5 Å². The average molecular weight is 599 g/mol. The number of esters is 2. The summed E-state index contributed by atoms with van der Waals surface area (Å²) in [6.45, 7) is 5.44. The van der Waals surface area contributed by atoms with Crippen molar-refractivity contribution in [2.75, 3.05) is 45.4 Å². The van der Waals surface area contributed by atoms with Crippen LogP contribution < -0.4 is 9.47 Å². The summed E-state index contributed by atoms with van der Waals surface area (Å²) in [6, 6.07) is 22.6. The smallest absolute Gasteiger partial charge is 0.338 e. The van der Waals surface area contributed by atoms with Gasteiger partial charge in [-0.05, 0) is 73.4 Å². The van der Waals surface area contributed by atoms with Gasteiger partial charge in [-0.2, -0.15) is 0 Å². The van der Waals surface area contributed by atoms with Gasteiger partial charge in [0.05, 0.1) is 31.5 Å². The van der Waals surface area contributed by atoms with Crippen molar-refractivity contribution in [1.82, 2.24) is 4.90 Å². The van der Waals surface area contributed by atoms with Crippen LogP contribution in [0.4, 0.5) is 0 Å². The van der Waals surface area contributed by atoms with E-state index in [1.165, 1.54) is 7.11 Å². The van der Waals surface area contributed by atoms with Crippen LogP contribution in [-0.2, 0) is 22.4 Å². The third kappa shape index (κ3) is 10.0. The SMILES string of the molecule is CCOC(=O)c1ccc(OCCN(CCc2ccccc2OCCCBr)Cc2ccc(C(=O)OC)cc2)cc1. The first kappa shape index (κ1) is 30.2. The lowest BCUT2D eigenvalue weighted by Gasteiger charge is -2.23. The molecule has 0 spiro atoms. The summed E-state index contributed by atoms with van der Waals surface area (Å²) < 4.78 is 21.8. The summed E-state index contributed by atoms with van der Waals surface area (Å²) in [5, 5.41) is 0.906. The van der Waals surface area contributed by atoms with E-state index in [0.29, 0.717) is 49.8 Å². The van der Waals surface area contributed by atoms with E-state index in [9.17, 15) is 9.59 Å². The maximum Gasteiger partial charge on any atom is 0.338 e. The van der Waals surface area contributed by atoms with Crippen molar-refractivity contribution in [2.24, 2.45) is 0 Å². The van der Waals surface area contributed by atoms with Crippen molar-refractivity contribution in [2.45, 2.75) is 26.3 Å². The van der Waals surface area contributed by atoms with Gasteiger partial charge in [0.25, 0.3) is 0 Å². The van der Waals surface area contributed by atoms with Crippen LogP contribution in [0.2, 0.25) is 0 Å². The number of ether oxygens (including phenoxy) is 4. The Morgan fingerprint density at radius 1 is 0.821 bits per heavy atom. The molecule has 0 radical (unpaired) electrons. The molecule has 0 amide bonds. The highest BCUT2D eigenvalue weighted by molar-refractivity contribution is 9.09. The highest BCUT2D eigenvalue weighted by Crippen LogP contribution is 2.20. The minimum Gasteiger partial charge on any atom is -0.493 e. The van der Waals surface area contributed by atoms with Crippen molar-refractivity contribution in [3.8, 4) is 11.5 Å². The van der Waals surface area contributed by atoms with Gasteiger partial charge in [-0.3, -0.25) is 4.90 Å². The number of carbonyl (C=O) groups is 2. The summed E-state index contributed by atoms with van der Waals surface area (Å²) in [5.74, 6) is 0.914. The molecule has 0 aliphatic carbocycles. The van der Waals surface area contributed by atoms with Crippen molar-refractivity contribution >= 4 is 27.9 Å². The Balaban J connectivity index is 1.64. The number of alkyl halides is 1. The molecule has 0 unspecified atom stereocenters. The Morgan fingerprint density at radius 3 is 2.21 bits per heavy atom. The van der Waals surface area contributed by atoms with Gasteiger partial charge in [0.2, 0.25) is 0 Å². The molecule has 0 N–H and O–H groups in total.